The Labute approximate surface area is 111 Å². The fourth-order valence-corrected chi connectivity index (χ4v) is 2.18. The maximum atomic E-state index is 6.11. The van der Waals surface area contributed by atoms with Gasteiger partial charge in [-0.15, -0.1) is 0 Å². The van der Waals surface area contributed by atoms with Gasteiger partial charge in [0.15, 0.2) is 0 Å². The quantitative estimate of drug-likeness (QED) is 0.905. The lowest BCUT2D eigenvalue weighted by molar-refractivity contribution is 0.415. The summed E-state index contributed by atoms with van der Waals surface area (Å²) in [6, 6.07) is 5.50. The molecule has 0 bridgehead atoms. The van der Waals surface area contributed by atoms with Crippen molar-refractivity contribution in [1.29, 1.82) is 0 Å². The Hall–Kier alpha value is -1.81. The fraction of sp³-hybridized carbons (Fsp3) is 0.231. The second kappa shape index (κ2) is 4.82. The molecule has 1 aromatic heterocycles. The Morgan fingerprint density at radius 2 is 1.94 bits per heavy atom. The summed E-state index contributed by atoms with van der Waals surface area (Å²) >= 11 is 6.11. The third kappa shape index (κ3) is 2.24. The minimum Gasteiger partial charge on any atom is -0.495 e. The van der Waals surface area contributed by atoms with Gasteiger partial charge in [0.25, 0.3) is 0 Å². The topological polar surface area (TPSA) is 61.0 Å². The summed E-state index contributed by atoms with van der Waals surface area (Å²) in [6.07, 6.45) is 0. The van der Waals surface area contributed by atoms with Crippen LogP contribution < -0.4 is 10.5 Å². The molecule has 0 amide bonds. The third-order valence-corrected chi connectivity index (χ3v) is 2.97. The summed E-state index contributed by atoms with van der Waals surface area (Å²) < 4.78 is 5.12. The molecule has 18 heavy (non-hydrogen) atoms. The van der Waals surface area contributed by atoms with Crippen molar-refractivity contribution in [2.45, 2.75) is 13.8 Å². The first-order chi connectivity index (χ1) is 8.52. The van der Waals surface area contributed by atoms with Gasteiger partial charge in [0, 0.05) is 5.56 Å². The second-order valence-electron chi connectivity index (χ2n) is 3.97. The largest absolute Gasteiger partial charge is 0.495 e. The van der Waals surface area contributed by atoms with E-state index in [4.69, 9.17) is 22.1 Å². The van der Waals surface area contributed by atoms with Gasteiger partial charge in [0.2, 0.25) is 0 Å². The van der Waals surface area contributed by atoms with Gasteiger partial charge in [0.1, 0.15) is 17.4 Å². The van der Waals surface area contributed by atoms with Crippen molar-refractivity contribution in [2.75, 3.05) is 12.8 Å². The minimum absolute atomic E-state index is 0.459. The second-order valence-corrected chi connectivity index (χ2v) is 4.37. The van der Waals surface area contributed by atoms with Crippen molar-refractivity contribution < 1.29 is 4.74 Å². The van der Waals surface area contributed by atoms with Crippen molar-refractivity contribution in [1.82, 2.24) is 9.97 Å². The number of aryl methyl sites for hydroxylation is 2. The zero-order valence-corrected chi connectivity index (χ0v) is 11.2. The number of nitrogen functional groups attached to an aromatic ring is 1. The normalized spacial score (nSPS) is 10.4. The van der Waals surface area contributed by atoms with E-state index in [1.165, 1.54) is 0 Å². The minimum atomic E-state index is 0.459. The summed E-state index contributed by atoms with van der Waals surface area (Å²) in [7, 11) is 1.58. The van der Waals surface area contributed by atoms with Crippen molar-refractivity contribution in [3.05, 3.63) is 34.7 Å². The van der Waals surface area contributed by atoms with Crippen molar-refractivity contribution >= 4 is 17.4 Å². The van der Waals surface area contributed by atoms with E-state index >= 15 is 0 Å². The average molecular weight is 264 g/mol. The lowest BCUT2D eigenvalue weighted by Crippen LogP contribution is -2.02. The lowest BCUT2D eigenvalue weighted by atomic mass is 10.0. The van der Waals surface area contributed by atoms with Crippen molar-refractivity contribution in [2.24, 2.45) is 0 Å². The van der Waals surface area contributed by atoms with Crippen LogP contribution in [0.25, 0.3) is 11.1 Å². The first-order valence-electron chi connectivity index (χ1n) is 5.47. The predicted octanol–water partition coefficient (Wildman–Crippen LogP) is 3.00. The van der Waals surface area contributed by atoms with Gasteiger partial charge in [-0.05, 0) is 31.5 Å². The molecule has 0 atom stereocenters. The van der Waals surface area contributed by atoms with Crippen LogP contribution >= 0.6 is 11.6 Å². The summed E-state index contributed by atoms with van der Waals surface area (Å²) in [5, 5.41) is 0.536. The summed E-state index contributed by atoms with van der Waals surface area (Å²) in [5.41, 5.74) is 8.48. The number of rotatable bonds is 2. The number of hydrogen-bond acceptors (Lipinski definition) is 4. The number of ether oxygens (including phenoxy) is 1. The Morgan fingerprint density at radius 1 is 1.22 bits per heavy atom. The highest BCUT2D eigenvalue weighted by Crippen LogP contribution is 2.33. The van der Waals surface area contributed by atoms with E-state index in [-0.39, 0.29) is 0 Å². The van der Waals surface area contributed by atoms with E-state index in [0.29, 0.717) is 22.4 Å². The van der Waals surface area contributed by atoms with E-state index in [1.54, 1.807) is 19.2 Å². The maximum Gasteiger partial charge on any atom is 0.137 e. The molecule has 0 spiro atoms. The van der Waals surface area contributed by atoms with Crippen LogP contribution in [0.2, 0.25) is 5.02 Å². The van der Waals surface area contributed by atoms with E-state index in [1.807, 2.05) is 19.9 Å². The molecule has 94 valence electrons. The average Bonchev–Trinajstić information content (AvgIpc) is 2.27. The number of halogens is 1. The number of nitrogens with two attached hydrogens (primary N) is 1. The first kappa shape index (κ1) is 12.6. The lowest BCUT2D eigenvalue weighted by Gasteiger charge is -2.11. The molecule has 0 fully saturated rings. The number of nitrogens with zero attached hydrogens (tertiary/aromatic N) is 2. The molecular weight excluding hydrogens is 250 g/mol. The third-order valence-electron chi connectivity index (χ3n) is 2.67. The highest BCUT2D eigenvalue weighted by Gasteiger charge is 2.11. The monoisotopic (exact) mass is 263 g/mol. The molecule has 2 rings (SSSR count). The zero-order valence-electron chi connectivity index (χ0n) is 10.5. The highest BCUT2D eigenvalue weighted by molar-refractivity contribution is 6.32. The molecule has 2 aromatic rings. The number of methoxy groups -OCH3 is 1. The van der Waals surface area contributed by atoms with Crippen LogP contribution in [-0.4, -0.2) is 17.1 Å². The van der Waals surface area contributed by atoms with Crippen LogP contribution in [0.3, 0.4) is 0 Å². The summed E-state index contributed by atoms with van der Waals surface area (Å²) in [5.74, 6) is 1.75. The number of anilines is 1. The van der Waals surface area contributed by atoms with E-state index < -0.39 is 0 Å². The smallest absolute Gasteiger partial charge is 0.137 e. The molecule has 1 heterocycles. The fourth-order valence-electron chi connectivity index (χ4n) is 1.92. The highest BCUT2D eigenvalue weighted by atomic mass is 35.5. The van der Waals surface area contributed by atoms with Crippen LogP contribution in [0, 0.1) is 13.8 Å². The molecule has 0 radical (unpaired) electrons. The predicted molar refractivity (Wildman–Crippen MR) is 72.9 cm³/mol. The van der Waals surface area contributed by atoms with E-state index in [0.717, 1.165) is 16.8 Å². The van der Waals surface area contributed by atoms with Crippen LogP contribution in [0.1, 0.15) is 11.5 Å². The van der Waals surface area contributed by atoms with Crippen LogP contribution in [0.4, 0.5) is 5.82 Å². The Kier molecular flexibility index (Phi) is 3.39. The van der Waals surface area contributed by atoms with Gasteiger partial charge >= 0.3 is 0 Å². The molecule has 0 aliphatic heterocycles. The molecule has 4 nitrogen and oxygen atoms in total. The SMILES string of the molecule is COc1ccc(-c2c(C)nc(C)nc2N)cc1Cl. The van der Waals surface area contributed by atoms with E-state index in [2.05, 4.69) is 9.97 Å². The molecule has 5 heteroatoms. The Balaban J connectivity index is 2.59. The van der Waals surface area contributed by atoms with Gasteiger partial charge in [0.05, 0.1) is 17.8 Å². The zero-order chi connectivity index (χ0) is 13.3. The molecule has 0 unspecified atom stereocenters. The molecular formula is C13H14ClN3O. The number of benzene rings is 1. The van der Waals surface area contributed by atoms with Crippen LogP contribution in [0.15, 0.2) is 18.2 Å². The first-order valence-corrected chi connectivity index (χ1v) is 5.85. The Morgan fingerprint density at radius 3 is 2.50 bits per heavy atom. The van der Waals surface area contributed by atoms with Crippen molar-refractivity contribution in [3.8, 4) is 16.9 Å². The molecule has 0 aliphatic rings. The van der Waals surface area contributed by atoms with Crippen LogP contribution in [0.5, 0.6) is 5.75 Å². The van der Waals surface area contributed by atoms with Gasteiger partial charge in [-0.2, -0.15) is 0 Å². The number of aromatic nitrogens is 2. The van der Waals surface area contributed by atoms with Gasteiger partial charge in [-0.25, -0.2) is 9.97 Å². The maximum absolute atomic E-state index is 6.11. The van der Waals surface area contributed by atoms with E-state index in [9.17, 15) is 0 Å². The molecule has 1 aromatic carbocycles. The van der Waals surface area contributed by atoms with Gasteiger partial charge < -0.3 is 10.5 Å². The summed E-state index contributed by atoms with van der Waals surface area (Å²) in [4.78, 5) is 8.49. The molecule has 2 N–H and O–H groups in total. The molecule has 0 saturated heterocycles. The van der Waals surface area contributed by atoms with Gasteiger partial charge in [-0.1, -0.05) is 17.7 Å². The van der Waals surface area contributed by atoms with Crippen LogP contribution in [-0.2, 0) is 0 Å². The van der Waals surface area contributed by atoms with Crippen molar-refractivity contribution in [3.63, 3.8) is 0 Å². The number of hydrogen-bond donors (Lipinski definition) is 1. The summed E-state index contributed by atoms with van der Waals surface area (Å²) in [6.45, 7) is 3.71. The molecule has 0 saturated carbocycles. The van der Waals surface area contributed by atoms with Gasteiger partial charge in [-0.3, -0.25) is 0 Å². The molecule has 0 aliphatic carbocycles. The standard InChI is InChI=1S/C13H14ClN3O/c1-7-12(13(15)17-8(2)16-7)9-4-5-11(18-3)10(14)6-9/h4-6H,1-3H3,(H2,15,16,17). The Bertz CT molecular complexity index is 576.